The van der Waals surface area contributed by atoms with Crippen LogP contribution in [0.15, 0.2) is 48.5 Å². The molecule has 4 amide bonds. The number of nitrogens with one attached hydrogen (secondary N) is 4. The van der Waals surface area contributed by atoms with Crippen molar-refractivity contribution >= 4 is 23.6 Å². The first-order valence-corrected chi connectivity index (χ1v) is 19.5. The number of rotatable bonds is 33. The molecular formula is C44H58N4O11. The molecule has 59 heavy (non-hydrogen) atoms. The van der Waals surface area contributed by atoms with E-state index in [4.69, 9.17) is 47.7 Å². The highest BCUT2D eigenvalue weighted by Crippen LogP contribution is 2.28. The molecule has 0 bridgehead atoms. The van der Waals surface area contributed by atoms with Crippen LogP contribution >= 0.6 is 0 Å². The average Bonchev–Trinajstić information content (AvgIpc) is 3.24. The molecule has 0 saturated heterocycles. The Bertz CT molecular complexity index is 1530. The normalized spacial score (nSPS) is 10.8. The van der Waals surface area contributed by atoms with Gasteiger partial charge in [-0.1, -0.05) is 42.0 Å². The minimum absolute atomic E-state index is 0.0141. The van der Waals surface area contributed by atoms with Crippen LogP contribution in [0.1, 0.15) is 48.9 Å². The second-order valence-corrected chi connectivity index (χ2v) is 13.0. The molecule has 0 unspecified atom stereocenters. The molecule has 0 aliphatic heterocycles. The zero-order valence-corrected chi connectivity index (χ0v) is 33.7. The lowest BCUT2D eigenvalue weighted by molar-refractivity contribution is -0.121. The van der Waals surface area contributed by atoms with Crippen molar-refractivity contribution in [2.45, 2.75) is 44.1 Å². The van der Waals surface area contributed by atoms with Gasteiger partial charge in [0.05, 0.1) is 59.5 Å². The molecule has 0 heterocycles. The lowest BCUT2D eigenvalue weighted by Gasteiger charge is -2.35. The summed E-state index contributed by atoms with van der Waals surface area (Å²) in [5, 5.41) is 21.3. The van der Waals surface area contributed by atoms with E-state index in [1.54, 1.807) is 48.5 Å². The number of hydrogen-bond donors (Lipinski definition) is 5. The summed E-state index contributed by atoms with van der Waals surface area (Å²) in [4.78, 5) is 53.2. The van der Waals surface area contributed by atoms with Crippen LogP contribution in [0, 0.1) is 37.0 Å². The van der Waals surface area contributed by atoms with Crippen molar-refractivity contribution in [3.63, 3.8) is 0 Å². The van der Waals surface area contributed by atoms with E-state index in [-0.39, 0.29) is 121 Å². The predicted molar refractivity (Wildman–Crippen MR) is 222 cm³/mol. The Kier molecular flexibility index (Phi) is 26.6. The fourth-order valence-corrected chi connectivity index (χ4v) is 5.51. The van der Waals surface area contributed by atoms with Crippen molar-refractivity contribution < 1.29 is 52.7 Å². The Labute approximate surface area is 347 Å². The summed E-state index contributed by atoms with van der Waals surface area (Å²) in [6.45, 7) is 3.92. The summed E-state index contributed by atoms with van der Waals surface area (Å²) in [6.07, 6.45) is 15.8. The van der Waals surface area contributed by atoms with Gasteiger partial charge in [-0.25, -0.2) is 0 Å². The van der Waals surface area contributed by atoms with Crippen LogP contribution in [0.5, 0.6) is 5.75 Å². The van der Waals surface area contributed by atoms with Crippen LogP contribution in [0.2, 0.25) is 0 Å². The third-order valence-electron chi connectivity index (χ3n) is 8.60. The predicted octanol–water partition coefficient (Wildman–Crippen LogP) is 2.22. The van der Waals surface area contributed by atoms with Gasteiger partial charge in [0.1, 0.15) is 25.6 Å². The summed E-state index contributed by atoms with van der Waals surface area (Å²) < 4.78 is 32.0. The van der Waals surface area contributed by atoms with E-state index in [2.05, 4.69) is 39.0 Å². The molecule has 320 valence electrons. The summed E-state index contributed by atoms with van der Waals surface area (Å²) in [7, 11) is 0. The molecule has 2 rings (SSSR count). The van der Waals surface area contributed by atoms with Crippen molar-refractivity contribution in [2.24, 2.45) is 0 Å². The van der Waals surface area contributed by atoms with Gasteiger partial charge in [0.25, 0.3) is 5.91 Å². The van der Waals surface area contributed by atoms with Gasteiger partial charge in [0.15, 0.2) is 0 Å². The Hall–Kier alpha value is -5.44. The van der Waals surface area contributed by atoms with Gasteiger partial charge < -0.3 is 54.8 Å². The van der Waals surface area contributed by atoms with E-state index in [0.29, 0.717) is 45.2 Å². The van der Waals surface area contributed by atoms with Crippen LogP contribution in [0.25, 0.3) is 11.1 Å². The number of amides is 4. The largest absolute Gasteiger partial charge is 0.508 e. The van der Waals surface area contributed by atoms with Crippen molar-refractivity contribution in [2.75, 3.05) is 98.9 Å². The van der Waals surface area contributed by atoms with E-state index in [9.17, 15) is 24.3 Å². The Morgan fingerprint density at radius 2 is 0.847 bits per heavy atom. The van der Waals surface area contributed by atoms with E-state index in [1.165, 1.54) is 0 Å². The zero-order valence-electron chi connectivity index (χ0n) is 33.7. The van der Waals surface area contributed by atoms with Crippen LogP contribution in [0.4, 0.5) is 0 Å². The molecule has 0 aliphatic rings. The molecule has 0 saturated carbocycles. The van der Waals surface area contributed by atoms with Crippen molar-refractivity contribution in [3.05, 3.63) is 54.1 Å². The van der Waals surface area contributed by atoms with E-state index >= 15 is 0 Å². The Balaban J connectivity index is 2.18. The molecule has 2 aromatic carbocycles. The lowest BCUT2D eigenvalue weighted by Crippen LogP contribution is -2.50. The Morgan fingerprint density at radius 3 is 1.20 bits per heavy atom. The molecular weight excluding hydrogens is 761 g/mol. The first-order chi connectivity index (χ1) is 28.7. The van der Waals surface area contributed by atoms with Crippen molar-refractivity contribution in [1.29, 1.82) is 0 Å². The van der Waals surface area contributed by atoms with Gasteiger partial charge in [-0.15, -0.1) is 19.3 Å². The second kappa shape index (κ2) is 31.5. The Morgan fingerprint density at radius 1 is 0.508 bits per heavy atom. The smallest absolute Gasteiger partial charge is 0.251 e. The highest BCUT2D eigenvalue weighted by molar-refractivity contribution is 5.95. The first-order valence-electron chi connectivity index (χ1n) is 19.5. The number of phenols is 1. The van der Waals surface area contributed by atoms with Crippen LogP contribution < -0.4 is 21.3 Å². The lowest BCUT2D eigenvalue weighted by atomic mass is 9.82. The number of phenolic OH excluding ortho intramolecular Hbond substituents is 1. The number of carbonyl (C=O) groups is 4. The maximum atomic E-state index is 13.9. The topological polar surface area (TPSA) is 192 Å². The highest BCUT2D eigenvalue weighted by atomic mass is 16.5. The number of hydrogen-bond acceptors (Lipinski definition) is 11. The summed E-state index contributed by atoms with van der Waals surface area (Å²) in [5.74, 6) is 5.93. The average molecular weight is 819 g/mol. The summed E-state index contributed by atoms with van der Waals surface area (Å²) in [6, 6.07) is 13.6. The monoisotopic (exact) mass is 818 g/mol. The van der Waals surface area contributed by atoms with Crippen molar-refractivity contribution in [1.82, 2.24) is 21.3 Å². The van der Waals surface area contributed by atoms with Crippen molar-refractivity contribution in [3.8, 4) is 53.9 Å². The summed E-state index contributed by atoms with van der Waals surface area (Å²) in [5.41, 5.74) is 0.861. The van der Waals surface area contributed by atoms with Crippen LogP contribution in [-0.2, 0) is 42.8 Å². The molecule has 2 aromatic rings. The third-order valence-corrected chi connectivity index (χ3v) is 8.60. The molecule has 0 radical (unpaired) electrons. The summed E-state index contributed by atoms with van der Waals surface area (Å²) >= 11 is 0. The van der Waals surface area contributed by atoms with Crippen LogP contribution in [0.3, 0.4) is 0 Å². The first kappa shape index (κ1) is 49.7. The van der Waals surface area contributed by atoms with Gasteiger partial charge in [0.2, 0.25) is 17.7 Å². The minimum atomic E-state index is -1.15. The van der Waals surface area contributed by atoms with Gasteiger partial charge in [-0.3, -0.25) is 19.2 Å². The van der Waals surface area contributed by atoms with E-state index in [0.717, 1.165) is 11.1 Å². The fraction of sp³-hybridized carbons (Fsp3) is 0.500. The van der Waals surface area contributed by atoms with Gasteiger partial charge in [0, 0.05) is 50.0 Å². The molecule has 15 nitrogen and oxygen atoms in total. The maximum absolute atomic E-state index is 13.9. The number of benzene rings is 2. The number of carbonyl (C=O) groups excluding carboxylic acids is 4. The van der Waals surface area contributed by atoms with E-state index in [1.807, 2.05) is 0 Å². The molecule has 0 aromatic heterocycles. The third kappa shape index (κ3) is 23.5. The molecule has 0 spiro atoms. The molecule has 0 fully saturated rings. The fourth-order valence-electron chi connectivity index (χ4n) is 5.51. The molecule has 0 aliphatic carbocycles. The van der Waals surface area contributed by atoms with Gasteiger partial charge in [-0.05, 0) is 54.7 Å². The minimum Gasteiger partial charge on any atom is -0.508 e. The van der Waals surface area contributed by atoms with E-state index < -0.39 is 11.4 Å². The van der Waals surface area contributed by atoms with Gasteiger partial charge in [-0.2, -0.15) is 0 Å². The standard InChI is InChI=1S/C44H58N4O11/c1-4-24-54-30-33-57-27-21-45-40(50)15-18-44(19-16-41(51)46-22-28-58-34-31-55-25-5-2,20-17-42(52)47-23-29-59-35-32-56-26-6-3)48-43(53)38-9-7-36(8-10-38)37-11-13-39(49)14-12-37/h1-3,7-14,49H,15-35H2,(H,45,50)(H,46,51)(H,47,52)(H,48,53). The maximum Gasteiger partial charge on any atom is 0.251 e. The van der Waals surface area contributed by atoms with Crippen LogP contribution in [-0.4, -0.2) is 133 Å². The molecule has 0 atom stereocenters. The SMILES string of the molecule is C#CCOCCOCCNC(=O)CCC(CCC(=O)NCCOCCOCC#C)(CCC(=O)NCCOCCOCC#C)NC(=O)c1ccc(-c2ccc(O)cc2)cc1. The number of aromatic hydroxyl groups is 1. The quantitative estimate of drug-likeness (QED) is 0.0525. The molecule has 5 N–H and O–H groups in total. The number of terminal acetylenes is 3. The number of ether oxygens (including phenoxy) is 6. The second-order valence-electron chi connectivity index (χ2n) is 13.0. The highest BCUT2D eigenvalue weighted by Gasteiger charge is 2.34. The van der Waals surface area contributed by atoms with Gasteiger partial charge >= 0.3 is 0 Å². The zero-order chi connectivity index (χ0) is 42.8. The molecule has 15 heteroatoms.